The number of hydrogen-bond acceptors (Lipinski definition) is 3. The van der Waals surface area contributed by atoms with E-state index in [0.717, 1.165) is 5.75 Å². The highest BCUT2D eigenvalue weighted by Gasteiger charge is 2.72. The first-order valence-electron chi connectivity index (χ1n) is 7.02. The second-order valence-corrected chi connectivity index (χ2v) is 5.68. The lowest BCUT2D eigenvalue weighted by molar-refractivity contribution is 0.414. The minimum Gasteiger partial charge on any atom is -0.497 e. The number of hydrogen-bond donors (Lipinski definition) is 1. The van der Waals surface area contributed by atoms with Crippen LogP contribution in [0.4, 0.5) is 5.69 Å². The third-order valence-corrected chi connectivity index (χ3v) is 4.42. The van der Waals surface area contributed by atoms with Gasteiger partial charge in [-0.1, -0.05) is 30.3 Å². The van der Waals surface area contributed by atoms with E-state index >= 15 is 0 Å². The topological polar surface area (TPSA) is 24.3 Å². The summed E-state index contributed by atoms with van der Waals surface area (Å²) in [5, 5.41) is 3.69. The summed E-state index contributed by atoms with van der Waals surface area (Å²) >= 11 is 0. The average molecular weight is 266 g/mol. The predicted octanol–water partition coefficient (Wildman–Crippen LogP) is 2.92. The van der Waals surface area contributed by atoms with Crippen molar-refractivity contribution in [1.29, 1.82) is 0 Å². The van der Waals surface area contributed by atoms with Crippen molar-refractivity contribution in [2.24, 2.45) is 0 Å². The zero-order chi connectivity index (χ0) is 13.6. The minimum atomic E-state index is 0.357. The quantitative estimate of drug-likeness (QED) is 0.842. The van der Waals surface area contributed by atoms with E-state index in [0.29, 0.717) is 11.6 Å². The maximum atomic E-state index is 5.25. The van der Waals surface area contributed by atoms with Gasteiger partial charge in [-0.25, -0.2) is 0 Å². The van der Waals surface area contributed by atoms with Gasteiger partial charge in [0.15, 0.2) is 0 Å². The molecule has 4 rings (SSSR count). The molecule has 2 saturated heterocycles. The van der Waals surface area contributed by atoms with E-state index in [-0.39, 0.29) is 0 Å². The number of benzene rings is 2. The summed E-state index contributed by atoms with van der Waals surface area (Å²) in [6.45, 7) is 2.42. The van der Waals surface area contributed by atoms with Crippen LogP contribution in [-0.4, -0.2) is 30.6 Å². The predicted molar refractivity (Wildman–Crippen MR) is 80.1 cm³/mol. The van der Waals surface area contributed by atoms with Crippen LogP contribution < -0.4 is 10.1 Å². The molecule has 2 aromatic carbocycles. The normalized spacial score (nSPS) is 27.4. The van der Waals surface area contributed by atoms with Crippen LogP contribution in [0.25, 0.3) is 0 Å². The van der Waals surface area contributed by atoms with Gasteiger partial charge >= 0.3 is 0 Å². The molecule has 102 valence electrons. The molecule has 2 aliphatic heterocycles. The Kier molecular flexibility index (Phi) is 2.51. The molecule has 2 aliphatic rings. The Morgan fingerprint density at radius 1 is 1.05 bits per heavy atom. The molecule has 0 bridgehead atoms. The van der Waals surface area contributed by atoms with Gasteiger partial charge in [0, 0.05) is 18.8 Å². The lowest BCUT2D eigenvalue weighted by atomic mass is 9.95. The third kappa shape index (κ3) is 1.86. The Balaban J connectivity index is 1.62. The van der Waals surface area contributed by atoms with E-state index in [1.807, 2.05) is 18.2 Å². The van der Waals surface area contributed by atoms with Crippen molar-refractivity contribution in [3.63, 3.8) is 0 Å². The Bertz CT molecular complexity index is 603. The zero-order valence-corrected chi connectivity index (χ0v) is 11.5. The van der Waals surface area contributed by atoms with Crippen molar-refractivity contribution in [2.45, 2.75) is 11.6 Å². The van der Waals surface area contributed by atoms with Crippen LogP contribution in [0.1, 0.15) is 11.6 Å². The first kappa shape index (κ1) is 11.8. The standard InChI is InChI=1S/C17H18N2O/c1-20-15-9-7-13(8-10-15)16(17-11-19(17)12-17)18-14-5-3-2-4-6-14/h2-10,16,18H,11-12H2,1H3. The summed E-state index contributed by atoms with van der Waals surface area (Å²) in [6.07, 6.45) is 0. The van der Waals surface area contributed by atoms with E-state index in [9.17, 15) is 0 Å². The van der Waals surface area contributed by atoms with Crippen molar-refractivity contribution >= 4 is 5.69 Å². The highest BCUT2D eigenvalue weighted by atomic mass is 16.5. The van der Waals surface area contributed by atoms with Crippen molar-refractivity contribution < 1.29 is 4.74 Å². The summed E-state index contributed by atoms with van der Waals surface area (Å²) < 4.78 is 5.25. The third-order valence-electron chi connectivity index (χ3n) is 4.42. The number of methoxy groups -OCH3 is 1. The SMILES string of the molecule is COc1ccc(C(Nc2ccccc2)C23CN2C3)cc1. The van der Waals surface area contributed by atoms with E-state index in [1.54, 1.807) is 7.11 Å². The monoisotopic (exact) mass is 266 g/mol. The highest BCUT2D eigenvalue weighted by Crippen LogP contribution is 2.57. The Morgan fingerprint density at radius 3 is 2.25 bits per heavy atom. The second kappa shape index (κ2) is 4.25. The Morgan fingerprint density at radius 2 is 1.70 bits per heavy atom. The van der Waals surface area contributed by atoms with Gasteiger partial charge in [-0.15, -0.1) is 0 Å². The van der Waals surface area contributed by atoms with Gasteiger partial charge in [-0.3, -0.25) is 4.90 Å². The molecule has 2 fully saturated rings. The summed E-state index contributed by atoms with van der Waals surface area (Å²) in [6, 6.07) is 19.2. The van der Waals surface area contributed by atoms with Crippen LogP contribution in [0, 0.1) is 0 Å². The molecule has 0 amide bonds. The zero-order valence-electron chi connectivity index (χ0n) is 11.5. The van der Waals surface area contributed by atoms with Crippen LogP contribution in [0.3, 0.4) is 0 Å². The number of ether oxygens (including phenoxy) is 1. The Labute approximate surface area is 119 Å². The number of nitrogens with one attached hydrogen (secondary N) is 1. The second-order valence-electron chi connectivity index (χ2n) is 5.68. The van der Waals surface area contributed by atoms with Crippen LogP contribution in [-0.2, 0) is 0 Å². The molecule has 0 radical (unpaired) electrons. The maximum Gasteiger partial charge on any atom is 0.118 e. The fourth-order valence-corrected chi connectivity index (χ4v) is 2.93. The van der Waals surface area contributed by atoms with Crippen molar-refractivity contribution in [3.05, 3.63) is 60.2 Å². The molecule has 0 aromatic heterocycles. The van der Waals surface area contributed by atoms with Gasteiger partial charge in [-0.2, -0.15) is 0 Å². The molecule has 1 atom stereocenters. The smallest absolute Gasteiger partial charge is 0.118 e. The molecule has 0 spiro atoms. The van der Waals surface area contributed by atoms with Crippen LogP contribution in [0.5, 0.6) is 5.75 Å². The first-order chi connectivity index (χ1) is 9.82. The fraction of sp³-hybridized carbons (Fsp3) is 0.294. The van der Waals surface area contributed by atoms with Gasteiger partial charge in [0.25, 0.3) is 0 Å². The fourth-order valence-electron chi connectivity index (χ4n) is 2.93. The van der Waals surface area contributed by atoms with Gasteiger partial charge in [0.1, 0.15) is 5.75 Å². The van der Waals surface area contributed by atoms with E-state index in [2.05, 4.69) is 46.6 Å². The highest BCUT2D eigenvalue weighted by molar-refractivity contribution is 5.51. The van der Waals surface area contributed by atoms with Crippen LogP contribution >= 0.6 is 0 Å². The van der Waals surface area contributed by atoms with Gasteiger partial charge < -0.3 is 10.1 Å². The number of anilines is 1. The molecule has 1 N–H and O–H groups in total. The van der Waals surface area contributed by atoms with E-state index < -0.39 is 0 Å². The number of nitrogens with zero attached hydrogens (tertiary/aromatic N) is 1. The van der Waals surface area contributed by atoms with Gasteiger partial charge in [0.05, 0.1) is 18.7 Å². The van der Waals surface area contributed by atoms with Crippen molar-refractivity contribution in [1.82, 2.24) is 4.90 Å². The molecule has 1 unspecified atom stereocenters. The largest absolute Gasteiger partial charge is 0.497 e. The minimum absolute atomic E-state index is 0.357. The number of rotatable bonds is 5. The van der Waals surface area contributed by atoms with Gasteiger partial charge in [-0.05, 0) is 29.8 Å². The number of fused-ring (bicyclic) bond motifs is 1. The van der Waals surface area contributed by atoms with E-state index in [1.165, 1.54) is 24.3 Å². The van der Waals surface area contributed by atoms with Crippen molar-refractivity contribution in [3.8, 4) is 5.75 Å². The van der Waals surface area contributed by atoms with Gasteiger partial charge in [0.2, 0.25) is 0 Å². The van der Waals surface area contributed by atoms with E-state index in [4.69, 9.17) is 4.74 Å². The summed E-state index contributed by atoms with van der Waals surface area (Å²) in [4.78, 5) is 2.50. The van der Waals surface area contributed by atoms with Crippen molar-refractivity contribution in [2.75, 3.05) is 25.5 Å². The molecule has 0 aliphatic carbocycles. The average Bonchev–Trinajstić information content (AvgIpc) is 3.36. The molecule has 20 heavy (non-hydrogen) atoms. The maximum absolute atomic E-state index is 5.25. The molecule has 3 nitrogen and oxygen atoms in total. The summed E-state index contributed by atoms with van der Waals surface area (Å²) in [5.74, 6) is 0.910. The first-order valence-corrected chi connectivity index (χ1v) is 7.02. The number of para-hydroxylation sites is 1. The van der Waals surface area contributed by atoms with Crippen LogP contribution in [0.2, 0.25) is 0 Å². The summed E-state index contributed by atoms with van der Waals surface area (Å²) in [7, 11) is 1.71. The molecule has 0 saturated carbocycles. The lowest BCUT2D eigenvalue weighted by Gasteiger charge is -2.22. The molecular weight excluding hydrogens is 248 g/mol. The van der Waals surface area contributed by atoms with Crippen LogP contribution in [0.15, 0.2) is 54.6 Å². The Hall–Kier alpha value is -2.00. The molecule has 2 aromatic rings. The summed E-state index contributed by atoms with van der Waals surface area (Å²) in [5.41, 5.74) is 2.88. The molecular formula is C17H18N2O. The molecule has 3 heteroatoms. The lowest BCUT2D eigenvalue weighted by Crippen LogP contribution is -2.23. The molecule has 2 heterocycles.